The van der Waals surface area contributed by atoms with Crippen LogP contribution in [0.4, 0.5) is 4.79 Å². The zero-order valence-corrected chi connectivity index (χ0v) is 7.84. The van der Waals surface area contributed by atoms with E-state index >= 15 is 0 Å². The number of carbonyl (C=O) groups excluding carboxylic acids is 3. The fourth-order valence-corrected chi connectivity index (χ4v) is 0.921. The minimum absolute atomic E-state index is 1.04. The summed E-state index contributed by atoms with van der Waals surface area (Å²) in [5, 5.41) is 0. The monoisotopic (exact) mass is 218 g/mol. The Hall–Kier alpha value is -1.71. The van der Waals surface area contributed by atoms with Crippen LogP contribution in [0.2, 0.25) is 0 Å². The second kappa shape index (κ2) is 4.00. The van der Waals surface area contributed by atoms with Gasteiger partial charge in [0.15, 0.2) is 0 Å². The average Bonchev–Trinajstić information content (AvgIpc) is 2.44. The minimum atomic E-state index is -3.02. The van der Waals surface area contributed by atoms with Gasteiger partial charge in [-0.2, -0.15) is 0 Å². The summed E-state index contributed by atoms with van der Waals surface area (Å²) in [6, 6.07) is 0. The highest BCUT2D eigenvalue weighted by Crippen LogP contribution is 2.04. The first-order valence-electron chi connectivity index (χ1n) is 3.25. The largest absolute Gasteiger partial charge is 0.870 e. The normalized spacial score (nSPS) is 14.5. The van der Waals surface area contributed by atoms with Crippen LogP contribution in [0, 0.1) is 0 Å². The second-order valence-electron chi connectivity index (χ2n) is 2.00. The molecule has 0 aromatic carbocycles. The summed E-state index contributed by atoms with van der Waals surface area (Å²) >= 11 is 0. The van der Waals surface area contributed by atoms with Gasteiger partial charge in [0.25, 0.3) is 0 Å². The van der Waals surface area contributed by atoms with Crippen molar-refractivity contribution >= 4 is 33.8 Å². The maximum atomic E-state index is 10.7. The van der Waals surface area contributed by atoms with Gasteiger partial charge in [-0.1, -0.05) is 0 Å². The van der Waals surface area contributed by atoms with E-state index < -0.39 is 33.8 Å². The van der Waals surface area contributed by atoms with E-state index in [1.54, 1.807) is 0 Å². The molecule has 1 rings (SSSR count). The molecule has 0 N–H and O–H groups in total. The van der Waals surface area contributed by atoms with Crippen LogP contribution in [0.15, 0.2) is 0 Å². The molecule has 8 nitrogen and oxygen atoms in total. The first kappa shape index (κ1) is 10.4. The van der Waals surface area contributed by atoms with Gasteiger partial charge < -0.3 is 22.9 Å². The van der Waals surface area contributed by atoms with E-state index in [0.717, 1.165) is 7.11 Å². The highest BCUT2D eigenvalue weighted by molar-refractivity contribution is 6.75. The summed E-state index contributed by atoms with van der Waals surface area (Å²) in [7, 11) is -3.76. The van der Waals surface area contributed by atoms with Gasteiger partial charge in [0.1, 0.15) is 0 Å². The third kappa shape index (κ3) is 2.16. The van der Waals surface area contributed by atoms with Crippen molar-refractivity contribution in [1.82, 2.24) is 0 Å². The summed E-state index contributed by atoms with van der Waals surface area (Å²) in [4.78, 5) is 31.6. The van der Waals surface area contributed by atoms with E-state index in [9.17, 15) is 18.8 Å². The summed E-state index contributed by atoms with van der Waals surface area (Å²) in [6.07, 6.45) is 0. The Morgan fingerprint density at radius 1 is 1.36 bits per heavy atom. The smallest absolute Gasteiger partial charge is 0.521 e. The summed E-state index contributed by atoms with van der Waals surface area (Å²) in [5.74, 6) is -2.56. The highest BCUT2D eigenvalue weighted by Gasteiger charge is 2.48. The topological polar surface area (TPSA) is 105 Å². The minimum Gasteiger partial charge on any atom is -0.521 e. The Morgan fingerprint density at radius 2 is 1.86 bits per heavy atom. The molecule has 1 fully saturated rings. The van der Waals surface area contributed by atoms with Crippen LogP contribution in [0.5, 0.6) is 0 Å². The molecule has 10 heteroatoms. The molecule has 1 aliphatic heterocycles. The van der Waals surface area contributed by atoms with Gasteiger partial charge in [-0.25, -0.2) is 14.4 Å². The standard InChI is InChI=1S/C4H3BO8Si/c1-10-14(9)4(8)13-5-11-2(6)3(7)12-5/h1H3. The average molecular weight is 218 g/mol. The van der Waals surface area contributed by atoms with Crippen molar-refractivity contribution in [2.75, 3.05) is 7.11 Å². The molecular formula is C4H3BO8Si. The number of hydrogen-bond acceptors (Lipinski definition) is 8. The third-order valence-electron chi connectivity index (χ3n) is 1.13. The Morgan fingerprint density at radius 3 is 2.29 bits per heavy atom. The molecule has 14 heavy (non-hydrogen) atoms. The molecule has 0 unspecified atom stereocenters. The molecule has 0 spiro atoms. The lowest BCUT2D eigenvalue weighted by Gasteiger charge is -2.00. The highest BCUT2D eigenvalue weighted by atomic mass is 28.3. The molecule has 1 aliphatic rings. The first-order chi connectivity index (χ1) is 6.54. The van der Waals surface area contributed by atoms with Crippen molar-refractivity contribution in [3.8, 4) is 0 Å². The van der Waals surface area contributed by atoms with E-state index in [0.29, 0.717) is 0 Å². The van der Waals surface area contributed by atoms with Crippen molar-refractivity contribution in [3.63, 3.8) is 0 Å². The van der Waals surface area contributed by atoms with Crippen LogP contribution >= 0.6 is 0 Å². The molecule has 0 aromatic heterocycles. The van der Waals surface area contributed by atoms with E-state index in [1.165, 1.54) is 0 Å². The molecule has 0 bridgehead atoms. The van der Waals surface area contributed by atoms with E-state index in [4.69, 9.17) is 0 Å². The Labute approximate surface area is 79.0 Å². The van der Waals surface area contributed by atoms with Crippen LogP contribution in [0.1, 0.15) is 0 Å². The van der Waals surface area contributed by atoms with E-state index in [-0.39, 0.29) is 0 Å². The van der Waals surface area contributed by atoms with E-state index in [1.807, 2.05) is 0 Å². The van der Waals surface area contributed by atoms with Crippen molar-refractivity contribution in [2.45, 2.75) is 0 Å². The van der Waals surface area contributed by atoms with Gasteiger partial charge in [0.05, 0.1) is 7.11 Å². The quantitative estimate of drug-likeness (QED) is 0.409. The molecule has 0 aromatic rings. The SMILES string of the molecule is CO[Si](=O)C(=O)OB1OC(=O)C(=O)O1. The van der Waals surface area contributed by atoms with Crippen molar-refractivity contribution < 1.29 is 37.2 Å². The van der Waals surface area contributed by atoms with Gasteiger partial charge in [-0.3, -0.25) is 0 Å². The van der Waals surface area contributed by atoms with E-state index in [2.05, 4.69) is 18.4 Å². The first-order valence-corrected chi connectivity index (χ1v) is 4.56. The predicted octanol–water partition coefficient (Wildman–Crippen LogP) is -1.65. The summed E-state index contributed by atoms with van der Waals surface area (Å²) < 4.78 is 27.2. The lowest BCUT2D eigenvalue weighted by atomic mass is 10.2. The fourth-order valence-electron chi connectivity index (χ4n) is 0.562. The zero-order valence-electron chi connectivity index (χ0n) is 6.84. The second-order valence-corrected chi connectivity index (χ2v) is 3.39. The Bertz CT molecular complexity index is 296. The van der Waals surface area contributed by atoms with Crippen LogP contribution < -0.4 is 0 Å². The van der Waals surface area contributed by atoms with Gasteiger partial charge >= 0.3 is 33.8 Å². The van der Waals surface area contributed by atoms with Gasteiger partial charge in [0.2, 0.25) is 0 Å². The van der Waals surface area contributed by atoms with Crippen LogP contribution in [-0.2, 0) is 32.4 Å². The maximum absolute atomic E-state index is 10.7. The molecule has 74 valence electrons. The summed E-state index contributed by atoms with van der Waals surface area (Å²) in [6.45, 7) is 0. The van der Waals surface area contributed by atoms with Crippen molar-refractivity contribution in [2.24, 2.45) is 0 Å². The van der Waals surface area contributed by atoms with Gasteiger partial charge in [-0.15, -0.1) is 0 Å². The predicted molar refractivity (Wildman–Crippen MR) is 37.9 cm³/mol. The molecule has 1 heterocycles. The molecule has 0 amide bonds. The molecule has 1 saturated heterocycles. The van der Waals surface area contributed by atoms with Crippen molar-refractivity contribution in [3.05, 3.63) is 0 Å². The van der Waals surface area contributed by atoms with Gasteiger partial charge in [-0.05, 0) is 0 Å². The third-order valence-corrected chi connectivity index (χ3v) is 1.95. The molecule has 0 aliphatic carbocycles. The Kier molecular flexibility index (Phi) is 2.96. The zero-order chi connectivity index (χ0) is 10.7. The number of hydrogen-bond donors (Lipinski definition) is 0. The molecular weight excluding hydrogens is 215 g/mol. The molecule has 0 radical (unpaired) electrons. The number of carbonyl (C=O) groups is 3. The maximum Gasteiger partial charge on any atom is 0.870 e. The lowest BCUT2D eigenvalue weighted by Crippen LogP contribution is -2.30. The lowest BCUT2D eigenvalue weighted by molar-refractivity contribution is -0.150. The molecule has 0 saturated carbocycles. The van der Waals surface area contributed by atoms with Crippen LogP contribution in [-0.4, -0.2) is 40.9 Å². The molecule has 0 atom stereocenters. The van der Waals surface area contributed by atoms with Crippen molar-refractivity contribution in [1.29, 1.82) is 0 Å². The van der Waals surface area contributed by atoms with Crippen LogP contribution in [0.3, 0.4) is 0 Å². The fraction of sp³-hybridized carbons (Fsp3) is 0.250. The Balaban J connectivity index is 2.47. The summed E-state index contributed by atoms with van der Waals surface area (Å²) in [5.41, 5.74) is -1.25. The van der Waals surface area contributed by atoms with Crippen LogP contribution in [0.25, 0.3) is 0 Å². The number of rotatable bonds is 3. The van der Waals surface area contributed by atoms with Gasteiger partial charge in [0, 0.05) is 0 Å².